The first-order valence-electron chi connectivity index (χ1n) is 11.3. The third-order valence-electron chi connectivity index (χ3n) is 5.33. The number of hydrogen-bond acceptors (Lipinski definition) is 7. The first-order chi connectivity index (χ1) is 18.1. The van der Waals surface area contributed by atoms with Crippen molar-refractivity contribution < 1.29 is 22.7 Å². The number of urea groups is 1. The normalized spacial score (nSPS) is 11.6. The number of ether oxygens (including phenoxy) is 1. The lowest BCUT2D eigenvalue weighted by molar-refractivity contribution is -0.137. The maximum atomic E-state index is 13.1. The monoisotopic (exact) mass is 548 g/mol. The number of benzene rings is 2. The van der Waals surface area contributed by atoms with Crippen LogP contribution < -0.4 is 20.7 Å². The van der Waals surface area contributed by atoms with Gasteiger partial charge >= 0.3 is 18.2 Å². The fourth-order valence-corrected chi connectivity index (χ4v) is 3.74. The summed E-state index contributed by atoms with van der Waals surface area (Å²) in [5.74, 6) is 0.539. The van der Waals surface area contributed by atoms with E-state index < -0.39 is 22.8 Å². The zero-order valence-electron chi connectivity index (χ0n) is 20.6. The Morgan fingerprint density at radius 1 is 1.08 bits per heavy atom. The standard InChI is InChI=1S/C24H24ClF3N8O2/c1-29-20-19-21(31-13-30-20)36(23(34-19)38-11-10-35(2)3)16-7-4-14(5-8-16)32-22(37)33-15-6-9-18(25)17(12-15)24(26,27)28/h4-9,12-13H,10-11H2,1-3H3,(H,29,30,31)(H2,32,33,37). The van der Waals surface area contributed by atoms with E-state index in [-0.39, 0.29) is 5.69 Å². The highest BCUT2D eigenvalue weighted by molar-refractivity contribution is 6.31. The second-order valence-electron chi connectivity index (χ2n) is 8.34. The summed E-state index contributed by atoms with van der Waals surface area (Å²) in [5, 5.41) is 7.50. The van der Waals surface area contributed by atoms with Crippen LogP contribution in [0.1, 0.15) is 5.56 Å². The first kappa shape index (κ1) is 26.9. The topological polar surface area (TPSA) is 109 Å². The lowest BCUT2D eigenvalue weighted by Gasteiger charge is -2.13. The van der Waals surface area contributed by atoms with Gasteiger partial charge in [-0.1, -0.05) is 11.6 Å². The van der Waals surface area contributed by atoms with Crippen LogP contribution in [-0.4, -0.2) is 64.7 Å². The van der Waals surface area contributed by atoms with Crippen molar-refractivity contribution in [3.05, 3.63) is 59.4 Å². The Kier molecular flexibility index (Phi) is 7.88. The largest absolute Gasteiger partial charge is 0.463 e. The predicted molar refractivity (Wildman–Crippen MR) is 139 cm³/mol. The number of likely N-dealkylation sites (N-methyl/N-ethyl adjacent to an activating group) is 1. The number of aromatic nitrogens is 4. The van der Waals surface area contributed by atoms with Gasteiger partial charge in [0, 0.05) is 25.0 Å². The van der Waals surface area contributed by atoms with Crippen molar-refractivity contribution in [3.63, 3.8) is 0 Å². The SMILES string of the molecule is CNc1ncnc2c1nc(OCCN(C)C)n2-c1ccc(NC(=O)Nc2ccc(Cl)c(C(F)(F)F)c2)cc1. The molecule has 38 heavy (non-hydrogen) atoms. The summed E-state index contributed by atoms with van der Waals surface area (Å²) >= 11 is 5.63. The van der Waals surface area contributed by atoms with E-state index in [2.05, 4.69) is 30.9 Å². The van der Waals surface area contributed by atoms with Crippen molar-refractivity contribution in [1.29, 1.82) is 0 Å². The molecule has 0 saturated carbocycles. The zero-order valence-corrected chi connectivity index (χ0v) is 21.4. The second kappa shape index (κ2) is 11.1. The summed E-state index contributed by atoms with van der Waals surface area (Å²) in [7, 11) is 5.59. The quantitative estimate of drug-likeness (QED) is 0.280. The number of hydrogen-bond donors (Lipinski definition) is 3. The summed E-state index contributed by atoms with van der Waals surface area (Å²) in [5.41, 5.74) is 1.01. The fourth-order valence-electron chi connectivity index (χ4n) is 3.51. The molecule has 0 spiro atoms. The van der Waals surface area contributed by atoms with Crippen molar-refractivity contribution in [2.75, 3.05) is 50.2 Å². The summed E-state index contributed by atoms with van der Waals surface area (Å²) in [6.07, 6.45) is -3.23. The van der Waals surface area contributed by atoms with Gasteiger partial charge in [-0.15, -0.1) is 0 Å². The summed E-state index contributed by atoms with van der Waals surface area (Å²) < 4.78 is 47.0. The third kappa shape index (κ3) is 6.06. The molecule has 14 heteroatoms. The van der Waals surface area contributed by atoms with Gasteiger partial charge in [-0.2, -0.15) is 18.2 Å². The van der Waals surface area contributed by atoms with Crippen LogP contribution >= 0.6 is 11.6 Å². The molecule has 4 aromatic rings. The highest BCUT2D eigenvalue weighted by Gasteiger charge is 2.33. The minimum Gasteiger partial charge on any atom is -0.463 e. The van der Waals surface area contributed by atoms with Gasteiger partial charge in [-0.25, -0.2) is 19.3 Å². The van der Waals surface area contributed by atoms with Crippen molar-refractivity contribution >= 4 is 46.0 Å². The van der Waals surface area contributed by atoms with Crippen LogP contribution in [0.15, 0.2) is 48.8 Å². The maximum absolute atomic E-state index is 13.1. The lowest BCUT2D eigenvalue weighted by atomic mass is 10.2. The molecule has 0 aliphatic rings. The van der Waals surface area contributed by atoms with E-state index in [0.29, 0.717) is 47.5 Å². The van der Waals surface area contributed by atoms with Gasteiger partial charge in [0.05, 0.1) is 16.3 Å². The molecule has 2 aromatic heterocycles. The Balaban J connectivity index is 1.55. The molecular weight excluding hydrogens is 525 g/mol. The molecule has 0 aliphatic carbocycles. The van der Waals surface area contributed by atoms with Gasteiger partial charge in [-0.05, 0) is 56.6 Å². The molecule has 2 heterocycles. The number of imidazole rings is 1. The van der Waals surface area contributed by atoms with Gasteiger partial charge in [0.1, 0.15) is 12.9 Å². The average Bonchev–Trinajstić information content (AvgIpc) is 3.23. The molecule has 0 saturated heterocycles. The molecular formula is C24H24ClF3N8O2. The summed E-state index contributed by atoms with van der Waals surface area (Å²) in [4.78, 5) is 27.5. The maximum Gasteiger partial charge on any atom is 0.417 e. The average molecular weight is 549 g/mol. The molecule has 3 N–H and O–H groups in total. The van der Waals surface area contributed by atoms with E-state index in [1.807, 2.05) is 19.0 Å². The molecule has 0 aliphatic heterocycles. The van der Waals surface area contributed by atoms with Crippen molar-refractivity contribution in [3.8, 4) is 11.7 Å². The third-order valence-corrected chi connectivity index (χ3v) is 5.66. The smallest absolute Gasteiger partial charge is 0.417 e. The molecule has 4 rings (SSSR count). The van der Waals surface area contributed by atoms with Crippen molar-refractivity contribution in [2.45, 2.75) is 6.18 Å². The number of carbonyl (C=O) groups excluding carboxylic acids is 1. The Hall–Kier alpha value is -4.10. The molecule has 200 valence electrons. The van der Waals surface area contributed by atoms with Gasteiger partial charge in [0.25, 0.3) is 0 Å². The highest BCUT2D eigenvalue weighted by atomic mass is 35.5. The number of carbonyl (C=O) groups is 1. The Morgan fingerprint density at radius 2 is 1.76 bits per heavy atom. The number of anilines is 3. The lowest BCUT2D eigenvalue weighted by Crippen LogP contribution is -2.20. The predicted octanol–water partition coefficient (Wildman–Crippen LogP) is 5.11. The van der Waals surface area contributed by atoms with Crippen LogP contribution in [0.2, 0.25) is 5.02 Å². The molecule has 0 bridgehead atoms. The van der Waals surface area contributed by atoms with E-state index >= 15 is 0 Å². The Morgan fingerprint density at radius 3 is 2.42 bits per heavy atom. The number of rotatable bonds is 8. The van der Waals surface area contributed by atoms with E-state index in [1.54, 1.807) is 35.9 Å². The fraction of sp³-hybridized carbons (Fsp3) is 0.250. The number of nitrogens with one attached hydrogen (secondary N) is 3. The summed E-state index contributed by atoms with van der Waals surface area (Å²) in [6.45, 7) is 1.06. The van der Waals surface area contributed by atoms with Crippen LogP contribution in [0.5, 0.6) is 6.01 Å². The van der Waals surface area contributed by atoms with E-state index in [0.717, 1.165) is 12.1 Å². The molecule has 0 radical (unpaired) electrons. The molecule has 0 unspecified atom stereocenters. The molecule has 0 atom stereocenters. The van der Waals surface area contributed by atoms with Crippen LogP contribution in [0.25, 0.3) is 16.9 Å². The Bertz CT molecular complexity index is 1440. The number of amides is 2. The molecule has 2 aromatic carbocycles. The number of fused-ring (bicyclic) bond motifs is 1. The van der Waals surface area contributed by atoms with Gasteiger partial charge in [0.2, 0.25) is 0 Å². The first-order valence-corrected chi connectivity index (χ1v) is 11.7. The van der Waals surface area contributed by atoms with Gasteiger partial charge < -0.3 is 25.6 Å². The van der Waals surface area contributed by atoms with Crippen LogP contribution in [0, 0.1) is 0 Å². The van der Waals surface area contributed by atoms with Gasteiger partial charge in [-0.3, -0.25) is 0 Å². The minimum absolute atomic E-state index is 0.0553. The number of nitrogens with zero attached hydrogens (tertiary/aromatic N) is 5. The second-order valence-corrected chi connectivity index (χ2v) is 8.75. The van der Waals surface area contributed by atoms with Crippen LogP contribution in [-0.2, 0) is 6.18 Å². The molecule has 0 fully saturated rings. The molecule has 2 amide bonds. The van der Waals surface area contributed by atoms with E-state index in [4.69, 9.17) is 16.3 Å². The van der Waals surface area contributed by atoms with E-state index in [9.17, 15) is 18.0 Å². The Labute approximate surface area is 220 Å². The van der Waals surface area contributed by atoms with Crippen molar-refractivity contribution in [1.82, 2.24) is 24.4 Å². The van der Waals surface area contributed by atoms with Crippen LogP contribution in [0.3, 0.4) is 0 Å². The molecule has 10 nitrogen and oxygen atoms in total. The van der Waals surface area contributed by atoms with Crippen LogP contribution in [0.4, 0.5) is 35.2 Å². The van der Waals surface area contributed by atoms with Gasteiger partial charge in [0.15, 0.2) is 17.0 Å². The number of halogens is 4. The summed E-state index contributed by atoms with van der Waals surface area (Å²) in [6, 6.07) is 9.44. The minimum atomic E-state index is -4.65. The zero-order chi connectivity index (χ0) is 27.4. The van der Waals surface area contributed by atoms with Crippen molar-refractivity contribution in [2.24, 2.45) is 0 Å². The van der Waals surface area contributed by atoms with E-state index in [1.165, 1.54) is 12.4 Å². The number of alkyl halides is 3. The highest BCUT2D eigenvalue weighted by Crippen LogP contribution is 2.36.